The zero-order valence-electron chi connectivity index (χ0n) is 11.9. The van der Waals surface area contributed by atoms with Crippen molar-refractivity contribution >= 4 is 30.8 Å². The van der Waals surface area contributed by atoms with Crippen molar-refractivity contribution in [1.29, 1.82) is 0 Å². The predicted molar refractivity (Wildman–Crippen MR) is 84.3 cm³/mol. The van der Waals surface area contributed by atoms with Gasteiger partial charge in [0.2, 0.25) is 0 Å². The average Bonchev–Trinajstić information content (AvgIpc) is 2.43. The minimum atomic E-state index is -0.853. The second-order valence-electron chi connectivity index (χ2n) is 5.05. The molecule has 1 saturated heterocycles. The second-order valence-corrected chi connectivity index (χ2v) is 5.05. The minimum absolute atomic E-state index is 0. The van der Waals surface area contributed by atoms with Crippen LogP contribution in [0.25, 0.3) is 0 Å². The molecule has 1 aromatic carbocycles. The molecule has 0 amide bonds. The van der Waals surface area contributed by atoms with Crippen molar-refractivity contribution in [1.82, 2.24) is 4.90 Å². The molecule has 2 rings (SSSR count). The van der Waals surface area contributed by atoms with Crippen molar-refractivity contribution in [2.24, 2.45) is 5.73 Å². The van der Waals surface area contributed by atoms with E-state index >= 15 is 0 Å². The predicted octanol–water partition coefficient (Wildman–Crippen LogP) is 2.14. The summed E-state index contributed by atoms with van der Waals surface area (Å²) in [5.74, 6) is -0.567. The molecule has 2 N–H and O–H groups in total. The number of likely N-dealkylation sites (tertiary alicyclic amines) is 1. The number of hydrogen-bond donors (Lipinski definition) is 1. The Bertz CT molecular complexity index is 449. The van der Waals surface area contributed by atoms with Gasteiger partial charge in [-0.2, -0.15) is 0 Å². The van der Waals surface area contributed by atoms with E-state index in [2.05, 4.69) is 4.90 Å². The number of benzene rings is 1. The van der Waals surface area contributed by atoms with Crippen LogP contribution in [-0.2, 0) is 16.1 Å². The lowest BCUT2D eigenvalue weighted by atomic mass is 9.88. The van der Waals surface area contributed by atoms with Crippen LogP contribution in [-0.4, -0.2) is 36.6 Å². The van der Waals surface area contributed by atoms with Gasteiger partial charge in [-0.25, -0.2) is 4.39 Å². The third kappa shape index (κ3) is 5.11. The summed E-state index contributed by atoms with van der Waals surface area (Å²) in [6.45, 7) is 2.23. The highest BCUT2D eigenvalue weighted by Crippen LogP contribution is 2.22. The molecule has 1 aliphatic heterocycles. The highest BCUT2D eigenvalue weighted by Gasteiger charge is 2.38. The van der Waals surface area contributed by atoms with Gasteiger partial charge >= 0.3 is 5.97 Å². The van der Waals surface area contributed by atoms with Crippen LogP contribution >= 0.6 is 24.8 Å². The molecular weight excluding hydrogens is 318 g/mol. The van der Waals surface area contributed by atoms with Gasteiger partial charge in [0.15, 0.2) is 0 Å². The summed E-state index contributed by atoms with van der Waals surface area (Å²) >= 11 is 0. The standard InChI is InChI=1S/C14H19FN2O2.2ClH/c1-19-13(18)14(16)6-8-17(9-7-14)10-11-2-4-12(15)5-3-11;;/h2-5H,6-10,16H2,1H3;2*1H. The third-order valence-electron chi connectivity index (χ3n) is 3.66. The average molecular weight is 339 g/mol. The quantitative estimate of drug-likeness (QED) is 0.858. The van der Waals surface area contributed by atoms with Crippen molar-refractivity contribution in [3.63, 3.8) is 0 Å². The van der Waals surface area contributed by atoms with E-state index in [9.17, 15) is 9.18 Å². The first-order chi connectivity index (χ1) is 9.03. The highest BCUT2D eigenvalue weighted by atomic mass is 35.5. The molecule has 4 nitrogen and oxygen atoms in total. The smallest absolute Gasteiger partial charge is 0.325 e. The number of esters is 1. The lowest BCUT2D eigenvalue weighted by Gasteiger charge is -2.37. The van der Waals surface area contributed by atoms with Crippen LogP contribution in [0.4, 0.5) is 4.39 Å². The summed E-state index contributed by atoms with van der Waals surface area (Å²) in [6.07, 6.45) is 1.17. The van der Waals surface area contributed by atoms with Gasteiger partial charge in [0, 0.05) is 19.6 Å². The topological polar surface area (TPSA) is 55.6 Å². The Hall–Kier alpha value is -0.880. The van der Waals surface area contributed by atoms with E-state index in [-0.39, 0.29) is 36.6 Å². The molecule has 0 atom stereocenters. The first-order valence-corrected chi connectivity index (χ1v) is 6.37. The summed E-state index contributed by atoms with van der Waals surface area (Å²) in [7, 11) is 1.36. The number of nitrogens with two attached hydrogens (primary N) is 1. The summed E-state index contributed by atoms with van der Waals surface area (Å²) in [5.41, 5.74) is 6.24. The number of hydrogen-bond acceptors (Lipinski definition) is 4. The maximum atomic E-state index is 12.8. The SMILES string of the molecule is COC(=O)C1(N)CCN(Cc2ccc(F)cc2)CC1.Cl.Cl. The Morgan fingerprint density at radius 1 is 1.29 bits per heavy atom. The largest absolute Gasteiger partial charge is 0.468 e. The Morgan fingerprint density at radius 3 is 2.29 bits per heavy atom. The number of halogens is 3. The van der Waals surface area contributed by atoms with Crippen molar-refractivity contribution in [3.8, 4) is 0 Å². The van der Waals surface area contributed by atoms with Gasteiger partial charge in [-0.3, -0.25) is 9.69 Å². The molecule has 0 unspecified atom stereocenters. The fourth-order valence-electron chi connectivity index (χ4n) is 2.37. The van der Waals surface area contributed by atoms with Crippen LogP contribution in [0.1, 0.15) is 18.4 Å². The molecule has 0 bridgehead atoms. The van der Waals surface area contributed by atoms with Crippen molar-refractivity contribution in [2.75, 3.05) is 20.2 Å². The normalized spacial score (nSPS) is 17.3. The molecular formula is C14H21Cl2FN2O2. The monoisotopic (exact) mass is 338 g/mol. The molecule has 1 aromatic rings. The molecule has 0 saturated carbocycles. The van der Waals surface area contributed by atoms with Crippen LogP contribution in [0.2, 0.25) is 0 Å². The van der Waals surface area contributed by atoms with Crippen LogP contribution < -0.4 is 5.73 Å². The van der Waals surface area contributed by atoms with Crippen molar-refractivity contribution in [3.05, 3.63) is 35.6 Å². The number of ether oxygens (including phenoxy) is 1. The molecule has 0 radical (unpaired) electrons. The number of nitrogens with zero attached hydrogens (tertiary/aromatic N) is 1. The summed E-state index contributed by atoms with van der Waals surface area (Å²) in [4.78, 5) is 13.8. The van der Waals surface area contributed by atoms with Gasteiger partial charge in [0.05, 0.1) is 7.11 Å². The molecule has 0 aliphatic carbocycles. The van der Waals surface area contributed by atoms with E-state index in [1.165, 1.54) is 19.2 Å². The van der Waals surface area contributed by atoms with Gasteiger partial charge in [-0.1, -0.05) is 12.1 Å². The lowest BCUT2D eigenvalue weighted by molar-refractivity contribution is -0.149. The zero-order chi connectivity index (χ0) is 13.9. The number of rotatable bonds is 3. The summed E-state index contributed by atoms with van der Waals surface area (Å²) in [5, 5.41) is 0. The van der Waals surface area contributed by atoms with E-state index in [0.717, 1.165) is 25.2 Å². The molecule has 120 valence electrons. The van der Waals surface area contributed by atoms with E-state index in [4.69, 9.17) is 10.5 Å². The first-order valence-electron chi connectivity index (χ1n) is 6.37. The fraction of sp³-hybridized carbons (Fsp3) is 0.500. The molecule has 1 fully saturated rings. The Balaban J connectivity index is 0.00000200. The van der Waals surface area contributed by atoms with Gasteiger partial charge in [0.25, 0.3) is 0 Å². The Labute approximate surface area is 136 Å². The molecule has 21 heavy (non-hydrogen) atoms. The number of methoxy groups -OCH3 is 1. The maximum absolute atomic E-state index is 12.8. The van der Waals surface area contributed by atoms with Crippen molar-refractivity contribution in [2.45, 2.75) is 24.9 Å². The van der Waals surface area contributed by atoms with Gasteiger partial charge in [0.1, 0.15) is 11.4 Å². The maximum Gasteiger partial charge on any atom is 0.325 e. The van der Waals surface area contributed by atoms with E-state index in [0.29, 0.717) is 12.8 Å². The van der Waals surface area contributed by atoms with Gasteiger partial charge in [-0.15, -0.1) is 24.8 Å². The van der Waals surface area contributed by atoms with Gasteiger partial charge < -0.3 is 10.5 Å². The Morgan fingerprint density at radius 2 is 1.81 bits per heavy atom. The van der Waals surface area contributed by atoms with Crippen molar-refractivity contribution < 1.29 is 13.9 Å². The first kappa shape index (κ1) is 20.1. The van der Waals surface area contributed by atoms with Crippen LogP contribution in [0.3, 0.4) is 0 Å². The van der Waals surface area contributed by atoms with E-state index in [1.807, 2.05) is 0 Å². The zero-order valence-corrected chi connectivity index (χ0v) is 13.5. The number of carbonyl (C=O) groups excluding carboxylic acids is 1. The Kier molecular flexibility index (Phi) is 8.18. The highest BCUT2D eigenvalue weighted by molar-refractivity contribution is 5.85. The second kappa shape index (κ2) is 8.54. The number of piperidine rings is 1. The third-order valence-corrected chi connectivity index (χ3v) is 3.66. The molecule has 1 aliphatic rings. The van der Waals surface area contributed by atoms with Crippen LogP contribution in [0, 0.1) is 5.82 Å². The van der Waals surface area contributed by atoms with E-state index < -0.39 is 5.54 Å². The fourth-order valence-corrected chi connectivity index (χ4v) is 2.37. The molecule has 1 heterocycles. The number of carbonyl (C=O) groups is 1. The molecule has 0 spiro atoms. The molecule has 7 heteroatoms. The minimum Gasteiger partial charge on any atom is -0.468 e. The van der Waals surface area contributed by atoms with E-state index in [1.54, 1.807) is 12.1 Å². The lowest BCUT2D eigenvalue weighted by Crippen LogP contribution is -2.55. The summed E-state index contributed by atoms with van der Waals surface area (Å²) in [6, 6.07) is 6.47. The van der Waals surface area contributed by atoms with Crippen LogP contribution in [0.5, 0.6) is 0 Å². The van der Waals surface area contributed by atoms with Crippen LogP contribution in [0.15, 0.2) is 24.3 Å². The van der Waals surface area contributed by atoms with Gasteiger partial charge in [-0.05, 0) is 30.5 Å². The summed E-state index contributed by atoms with van der Waals surface area (Å²) < 4.78 is 17.5. The molecule has 0 aromatic heterocycles.